The minimum atomic E-state index is -0.453. The van der Waals surface area contributed by atoms with Gasteiger partial charge in [0.15, 0.2) is 0 Å². The van der Waals surface area contributed by atoms with Gasteiger partial charge in [-0.2, -0.15) is 0 Å². The molecule has 172 valence electrons. The van der Waals surface area contributed by atoms with Crippen LogP contribution >= 0.6 is 0 Å². The van der Waals surface area contributed by atoms with E-state index < -0.39 is 5.60 Å². The monoisotopic (exact) mass is 431 g/mol. The van der Waals surface area contributed by atoms with Crippen LogP contribution in [0.3, 0.4) is 0 Å². The fourth-order valence-electron chi connectivity index (χ4n) is 4.20. The van der Waals surface area contributed by atoms with Crippen molar-refractivity contribution in [2.24, 2.45) is 5.92 Å². The first-order valence-corrected chi connectivity index (χ1v) is 11.4. The maximum absolute atomic E-state index is 12.4. The molecule has 0 aliphatic carbocycles. The van der Waals surface area contributed by atoms with E-state index in [-0.39, 0.29) is 12.2 Å². The fourth-order valence-corrected chi connectivity index (χ4v) is 4.20. The van der Waals surface area contributed by atoms with Crippen molar-refractivity contribution < 1.29 is 19.1 Å². The number of hydrogen-bond acceptors (Lipinski definition) is 5. The molecule has 0 bridgehead atoms. The Morgan fingerprint density at radius 2 is 1.65 bits per heavy atom. The molecule has 0 spiro atoms. The highest BCUT2D eigenvalue weighted by Crippen LogP contribution is 2.23. The summed E-state index contributed by atoms with van der Waals surface area (Å²) in [6, 6.07) is 10.1. The number of carbonyl (C=O) groups is 2. The van der Waals surface area contributed by atoms with E-state index in [2.05, 4.69) is 11.8 Å². The zero-order chi connectivity index (χ0) is 22.4. The van der Waals surface area contributed by atoms with Gasteiger partial charge in [-0.1, -0.05) is 30.3 Å². The number of ether oxygens (including phenoxy) is 2. The molecule has 2 fully saturated rings. The van der Waals surface area contributed by atoms with Crippen LogP contribution in [0.4, 0.5) is 9.59 Å². The summed E-state index contributed by atoms with van der Waals surface area (Å²) in [6.07, 6.45) is 1.54. The zero-order valence-electron chi connectivity index (χ0n) is 19.4. The van der Waals surface area contributed by atoms with Crippen molar-refractivity contribution in [1.29, 1.82) is 0 Å². The minimum Gasteiger partial charge on any atom is -0.445 e. The molecule has 1 atom stereocenters. The average molecular weight is 432 g/mol. The van der Waals surface area contributed by atoms with Crippen LogP contribution in [0.5, 0.6) is 0 Å². The number of piperidine rings is 1. The Bertz CT molecular complexity index is 726. The first-order valence-electron chi connectivity index (χ1n) is 11.4. The van der Waals surface area contributed by atoms with Crippen LogP contribution in [0.25, 0.3) is 0 Å². The number of carbonyl (C=O) groups excluding carboxylic acids is 2. The van der Waals surface area contributed by atoms with Crippen molar-refractivity contribution in [2.45, 2.75) is 58.8 Å². The number of likely N-dealkylation sites (tertiary alicyclic amines) is 1. The van der Waals surface area contributed by atoms with Crippen LogP contribution in [0.1, 0.15) is 46.1 Å². The van der Waals surface area contributed by atoms with E-state index in [9.17, 15) is 9.59 Å². The van der Waals surface area contributed by atoms with Gasteiger partial charge in [0.2, 0.25) is 0 Å². The molecule has 2 saturated heterocycles. The third-order valence-electron chi connectivity index (χ3n) is 5.99. The normalized spacial score (nSPS) is 21.1. The summed E-state index contributed by atoms with van der Waals surface area (Å²) in [7, 11) is 0. The Morgan fingerprint density at radius 1 is 0.968 bits per heavy atom. The molecule has 7 nitrogen and oxygen atoms in total. The molecule has 2 aliphatic heterocycles. The van der Waals surface area contributed by atoms with E-state index in [0.29, 0.717) is 31.7 Å². The summed E-state index contributed by atoms with van der Waals surface area (Å²) in [5.74, 6) is 0.567. The standard InChI is InChI=1S/C24H37N3O4/c1-19-16-27(22(28)30-18-21-8-6-5-7-9-21)15-14-26(19)17-20-10-12-25(13-11-20)23(29)31-24(2,3)4/h5-9,19-20H,10-18H2,1-4H3/t19-/m0/s1. The van der Waals surface area contributed by atoms with Gasteiger partial charge in [0.25, 0.3) is 0 Å². The number of piperazine rings is 1. The first kappa shape index (κ1) is 23.4. The van der Waals surface area contributed by atoms with Crippen molar-refractivity contribution in [3.8, 4) is 0 Å². The molecule has 0 N–H and O–H groups in total. The molecule has 0 aromatic heterocycles. The lowest BCUT2D eigenvalue weighted by molar-refractivity contribution is 0.0131. The van der Waals surface area contributed by atoms with Crippen LogP contribution in [-0.2, 0) is 16.1 Å². The molecule has 1 aromatic rings. The molecule has 2 amide bonds. The van der Waals surface area contributed by atoms with Crippen LogP contribution < -0.4 is 0 Å². The lowest BCUT2D eigenvalue weighted by Crippen LogP contribution is -2.55. The first-order chi connectivity index (χ1) is 14.7. The third-order valence-corrected chi connectivity index (χ3v) is 5.99. The molecule has 0 saturated carbocycles. The third kappa shape index (κ3) is 7.13. The van der Waals surface area contributed by atoms with Gasteiger partial charge in [-0.3, -0.25) is 4.90 Å². The van der Waals surface area contributed by atoms with Crippen LogP contribution in [0, 0.1) is 5.92 Å². The highest BCUT2D eigenvalue weighted by Gasteiger charge is 2.31. The topological polar surface area (TPSA) is 62.3 Å². The lowest BCUT2D eigenvalue weighted by atomic mass is 9.95. The molecule has 7 heteroatoms. The van der Waals surface area contributed by atoms with E-state index in [0.717, 1.165) is 44.6 Å². The van der Waals surface area contributed by atoms with Gasteiger partial charge in [-0.05, 0) is 52.0 Å². The van der Waals surface area contributed by atoms with Gasteiger partial charge < -0.3 is 19.3 Å². The van der Waals surface area contributed by atoms with Crippen molar-refractivity contribution in [2.75, 3.05) is 39.3 Å². The molecule has 2 aliphatic rings. The highest BCUT2D eigenvalue weighted by molar-refractivity contribution is 5.68. The minimum absolute atomic E-state index is 0.207. The molecule has 3 rings (SSSR count). The summed E-state index contributed by atoms with van der Waals surface area (Å²) >= 11 is 0. The highest BCUT2D eigenvalue weighted by atomic mass is 16.6. The van der Waals surface area contributed by atoms with Crippen LogP contribution in [0.2, 0.25) is 0 Å². The Labute approximate surface area is 186 Å². The Kier molecular flexibility index (Phi) is 7.81. The number of amides is 2. The number of benzene rings is 1. The second kappa shape index (κ2) is 10.4. The SMILES string of the molecule is C[C@H]1CN(C(=O)OCc2ccccc2)CCN1CC1CCN(C(=O)OC(C)(C)C)CC1. The average Bonchev–Trinajstić information content (AvgIpc) is 2.73. The molecule has 1 aromatic carbocycles. The van der Waals surface area contributed by atoms with Gasteiger partial charge in [0, 0.05) is 45.3 Å². The Hall–Kier alpha value is -2.28. The van der Waals surface area contributed by atoms with Crippen molar-refractivity contribution >= 4 is 12.2 Å². The fraction of sp³-hybridized carbons (Fsp3) is 0.667. The molecular formula is C24H37N3O4. The van der Waals surface area contributed by atoms with E-state index in [1.807, 2.05) is 60.9 Å². The summed E-state index contributed by atoms with van der Waals surface area (Å²) < 4.78 is 11.0. The second-order valence-corrected chi connectivity index (χ2v) is 9.74. The van der Waals surface area contributed by atoms with Gasteiger partial charge >= 0.3 is 12.2 Å². The molecule has 0 radical (unpaired) electrons. The maximum Gasteiger partial charge on any atom is 0.410 e. The molecule has 2 heterocycles. The maximum atomic E-state index is 12.4. The van der Waals surface area contributed by atoms with Crippen molar-refractivity contribution in [1.82, 2.24) is 14.7 Å². The molecule has 31 heavy (non-hydrogen) atoms. The zero-order valence-corrected chi connectivity index (χ0v) is 19.4. The largest absolute Gasteiger partial charge is 0.445 e. The van der Waals surface area contributed by atoms with E-state index in [1.54, 1.807) is 0 Å². The van der Waals surface area contributed by atoms with E-state index in [4.69, 9.17) is 9.47 Å². The number of rotatable bonds is 4. The summed E-state index contributed by atoms with van der Waals surface area (Å²) in [6.45, 7) is 12.9. The van der Waals surface area contributed by atoms with Crippen molar-refractivity contribution in [3.05, 3.63) is 35.9 Å². The Morgan fingerprint density at radius 3 is 2.26 bits per heavy atom. The van der Waals surface area contributed by atoms with Gasteiger partial charge in [0.05, 0.1) is 0 Å². The van der Waals surface area contributed by atoms with Gasteiger partial charge in [-0.25, -0.2) is 9.59 Å². The lowest BCUT2D eigenvalue weighted by Gasteiger charge is -2.42. The Balaban J connectivity index is 1.38. The van der Waals surface area contributed by atoms with Crippen LogP contribution in [-0.4, -0.2) is 77.8 Å². The summed E-state index contributed by atoms with van der Waals surface area (Å²) in [5, 5.41) is 0. The van der Waals surface area contributed by atoms with Crippen molar-refractivity contribution in [3.63, 3.8) is 0 Å². The van der Waals surface area contributed by atoms with Gasteiger partial charge in [0.1, 0.15) is 12.2 Å². The van der Waals surface area contributed by atoms with E-state index >= 15 is 0 Å². The summed E-state index contributed by atoms with van der Waals surface area (Å²) in [5.41, 5.74) is 0.547. The quantitative estimate of drug-likeness (QED) is 0.722. The molecule has 0 unspecified atom stereocenters. The summed E-state index contributed by atoms with van der Waals surface area (Å²) in [4.78, 5) is 30.8. The predicted molar refractivity (Wildman–Crippen MR) is 120 cm³/mol. The van der Waals surface area contributed by atoms with Gasteiger partial charge in [-0.15, -0.1) is 0 Å². The number of nitrogens with zero attached hydrogens (tertiary/aromatic N) is 3. The molecular weight excluding hydrogens is 394 g/mol. The second-order valence-electron chi connectivity index (χ2n) is 9.74. The predicted octanol–water partition coefficient (Wildman–Crippen LogP) is 3.98. The number of hydrogen-bond donors (Lipinski definition) is 0. The van der Waals surface area contributed by atoms with Crippen LogP contribution in [0.15, 0.2) is 30.3 Å². The van der Waals surface area contributed by atoms with E-state index in [1.165, 1.54) is 0 Å². The smallest absolute Gasteiger partial charge is 0.410 e.